The Kier molecular flexibility index (Phi) is 4.52. The Balaban J connectivity index is 2.84. The molecule has 1 aromatic rings. The van der Waals surface area contributed by atoms with E-state index in [1.54, 1.807) is 0 Å². The summed E-state index contributed by atoms with van der Waals surface area (Å²) in [6.45, 7) is 5.94. The second kappa shape index (κ2) is 5.44. The lowest BCUT2D eigenvalue weighted by atomic mass is 10.3. The fraction of sp³-hybridized carbons (Fsp3) is 0.400. The van der Waals surface area contributed by atoms with Gasteiger partial charge in [-0.05, 0) is 12.1 Å². The van der Waals surface area contributed by atoms with Crippen LogP contribution in [0.3, 0.4) is 0 Å². The molecular weight excluding hydrogens is 219 g/mol. The van der Waals surface area contributed by atoms with E-state index in [0.29, 0.717) is 10.0 Å². The molecule has 0 aliphatic rings. The number of rotatable bonds is 4. The van der Waals surface area contributed by atoms with Gasteiger partial charge in [0.05, 0.1) is 15.7 Å². The molecule has 0 bridgehead atoms. The molecular formula is C10H14Cl2N2. The van der Waals surface area contributed by atoms with E-state index in [1.807, 2.05) is 23.2 Å². The van der Waals surface area contributed by atoms with E-state index in [9.17, 15) is 0 Å². The summed E-state index contributed by atoms with van der Waals surface area (Å²) in [4.78, 5) is 0. The Bertz CT molecular complexity index is 278. The van der Waals surface area contributed by atoms with Crippen molar-refractivity contribution in [3.8, 4) is 0 Å². The van der Waals surface area contributed by atoms with Gasteiger partial charge in [-0.15, -0.1) is 0 Å². The van der Waals surface area contributed by atoms with E-state index in [-0.39, 0.29) is 0 Å². The van der Waals surface area contributed by atoms with E-state index < -0.39 is 0 Å². The third kappa shape index (κ3) is 2.77. The number of para-hydroxylation sites is 1. The number of hydrazine groups is 1. The summed E-state index contributed by atoms with van der Waals surface area (Å²) in [6.07, 6.45) is 0. The van der Waals surface area contributed by atoms with Crippen molar-refractivity contribution in [2.75, 3.05) is 18.5 Å². The van der Waals surface area contributed by atoms with Crippen LogP contribution in [-0.2, 0) is 0 Å². The highest BCUT2D eigenvalue weighted by Gasteiger charge is 2.07. The monoisotopic (exact) mass is 232 g/mol. The highest BCUT2D eigenvalue weighted by molar-refractivity contribution is 6.39. The summed E-state index contributed by atoms with van der Waals surface area (Å²) in [5.41, 5.74) is 3.96. The molecule has 78 valence electrons. The van der Waals surface area contributed by atoms with Crippen LogP contribution in [0, 0.1) is 0 Å². The minimum absolute atomic E-state index is 0.643. The van der Waals surface area contributed by atoms with Gasteiger partial charge in [-0.1, -0.05) is 43.1 Å². The maximum Gasteiger partial charge on any atom is 0.0864 e. The van der Waals surface area contributed by atoms with Crippen molar-refractivity contribution in [1.82, 2.24) is 5.01 Å². The smallest absolute Gasteiger partial charge is 0.0864 e. The van der Waals surface area contributed by atoms with Gasteiger partial charge in [0, 0.05) is 13.1 Å². The first-order chi connectivity index (χ1) is 6.69. The molecule has 1 N–H and O–H groups in total. The summed E-state index contributed by atoms with van der Waals surface area (Å²) < 4.78 is 0. The molecule has 0 saturated carbocycles. The van der Waals surface area contributed by atoms with Crippen molar-refractivity contribution in [2.24, 2.45) is 0 Å². The summed E-state index contributed by atoms with van der Waals surface area (Å²) in [7, 11) is 0. The molecule has 1 aromatic carbocycles. The topological polar surface area (TPSA) is 15.3 Å². The quantitative estimate of drug-likeness (QED) is 0.798. The van der Waals surface area contributed by atoms with Crippen LogP contribution < -0.4 is 5.43 Å². The third-order valence-electron chi connectivity index (χ3n) is 2.00. The lowest BCUT2D eigenvalue weighted by Gasteiger charge is -2.22. The second-order valence-electron chi connectivity index (χ2n) is 2.88. The maximum atomic E-state index is 6.01. The fourth-order valence-corrected chi connectivity index (χ4v) is 1.63. The molecule has 0 aromatic heterocycles. The Morgan fingerprint density at radius 1 is 1.14 bits per heavy atom. The van der Waals surface area contributed by atoms with Gasteiger partial charge in [0.25, 0.3) is 0 Å². The van der Waals surface area contributed by atoms with E-state index in [4.69, 9.17) is 23.2 Å². The van der Waals surface area contributed by atoms with Gasteiger partial charge in [-0.3, -0.25) is 0 Å². The first-order valence-electron chi connectivity index (χ1n) is 4.64. The zero-order chi connectivity index (χ0) is 10.6. The SMILES string of the molecule is CCN(CC)Nc1c(Cl)cccc1Cl. The normalized spacial score (nSPS) is 10.6. The molecule has 14 heavy (non-hydrogen) atoms. The van der Waals surface area contributed by atoms with E-state index in [0.717, 1.165) is 18.8 Å². The lowest BCUT2D eigenvalue weighted by molar-refractivity contribution is 0.367. The predicted molar refractivity (Wildman–Crippen MR) is 63.0 cm³/mol. The molecule has 0 amide bonds. The molecule has 0 fully saturated rings. The number of hydrogen-bond donors (Lipinski definition) is 1. The van der Waals surface area contributed by atoms with Gasteiger partial charge < -0.3 is 5.43 Å². The number of nitrogens with one attached hydrogen (secondary N) is 1. The van der Waals surface area contributed by atoms with Crippen LogP contribution in [0.5, 0.6) is 0 Å². The fourth-order valence-electron chi connectivity index (χ4n) is 1.14. The minimum atomic E-state index is 0.643. The molecule has 0 saturated heterocycles. The predicted octanol–water partition coefficient (Wildman–Crippen LogP) is 3.66. The molecule has 1 rings (SSSR count). The molecule has 0 unspecified atom stereocenters. The van der Waals surface area contributed by atoms with Crippen LogP contribution >= 0.6 is 23.2 Å². The van der Waals surface area contributed by atoms with Gasteiger partial charge in [-0.25, -0.2) is 5.01 Å². The minimum Gasteiger partial charge on any atom is -0.316 e. The van der Waals surface area contributed by atoms with Crippen molar-refractivity contribution >= 4 is 28.9 Å². The second-order valence-corrected chi connectivity index (χ2v) is 3.70. The lowest BCUT2D eigenvalue weighted by Crippen LogP contribution is -2.29. The molecule has 4 heteroatoms. The van der Waals surface area contributed by atoms with Crippen LogP contribution in [0.1, 0.15) is 13.8 Å². The van der Waals surface area contributed by atoms with E-state index in [2.05, 4.69) is 19.3 Å². The number of anilines is 1. The molecule has 0 atom stereocenters. The summed E-state index contributed by atoms with van der Waals surface area (Å²) >= 11 is 12.0. The largest absolute Gasteiger partial charge is 0.316 e. The molecule has 0 radical (unpaired) electrons. The van der Waals surface area contributed by atoms with Gasteiger partial charge >= 0.3 is 0 Å². The first-order valence-corrected chi connectivity index (χ1v) is 5.40. The summed E-state index contributed by atoms with van der Waals surface area (Å²) in [5.74, 6) is 0. The van der Waals surface area contributed by atoms with Crippen molar-refractivity contribution in [3.63, 3.8) is 0 Å². The molecule has 0 spiro atoms. The molecule has 0 aliphatic heterocycles. The number of hydrogen-bond acceptors (Lipinski definition) is 2. The van der Waals surface area contributed by atoms with Gasteiger partial charge in [0.2, 0.25) is 0 Å². The van der Waals surface area contributed by atoms with Crippen LogP contribution in [0.2, 0.25) is 10.0 Å². The van der Waals surface area contributed by atoms with E-state index in [1.165, 1.54) is 0 Å². The van der Waals surface area contributed by atoms with Crippen LogP contribution in [0.4, 0.5) is 5.69 Å². The standard InChI is InChI=1S/C10H14Cl2N2/c1-3-14(4-2)13-10-8(11)6-5-7-9(10)12/h5-7,13H,3-4H2,1-2H3. The highest BCUT2D eigenvalue weighted by atomic mass is 35.5. The molecule has 0 aliphatic carbocycles. The van der Waals surface area contributed by atoms with Crippen LogP contribution in [0.25, 0.3) is 0 Å². The van der Waals surface area contributed by atoms with Crippen molar-refractivity contribution in [3.05, 3.63) is 28.2 Å². The van der Waals surface area contributed by atoms with Gasteiger partial charge in [0.1, 0.15) is 0 Å². The number of nitrogens with zero attached hydrogens (tertiary/aromatic N) is 1. The van der Waals surface area contributed by atoms with Crippen molar-refractivity contribution in [1.29, 1.82) is 0 Å². The Labute approximate surface area is 94.8 Å². The number of benzene rings is 1. The van der Waals surface area contributed by atoms with Gasteiger partial charge in [-0.2, -0.15) is 0 Å². The summed E-state index contributed by atoms with van der Waals surface area (Å²) in [5, 5.41) is 3.32. The molecule has 2 nitrogen and oxygen atoms in total. The van der Waals surface area contributed by atoms with Crippen molar-refractivity contribution in [2.45, 2.75) is 13.8 Å². The summed E-state index contributed by atoms with van der Waals surface area (Å²) in [6, 6.07) is 5.47. The van der Waals surface area contributed by atoms with Crippen molar-refractivity contribution < 1.29 is 0 Å². The maximum absolute atomic E-state index is 6.01. The zero-order valence-corrected chi connectivity index (χ0v) is 9.86. The van der Waals surface area contributed by atoms with Gasteiger partial charge in [0.15, 0.2) is 0 Å². The van der Waals surface area contributed by atoms with Crippen LogP contribution in [-0.4, -0.2) is 18.1 Å². The average Bonchev–Trinajstić information content (AvgIpc) is 2.18. The Hall–Kier alpha value is -0.440. The Morgan fingerprint density at radius 2 is 1.64 bits per heavy atom. The zero-order valence-electron chi connectivity index (χ0n) is 8.35. The third-order valence-corrected chi connectivity index (χ3v) is 2.63. The highest BCUT2D eigenvalue weighted by Crippen LogP contribution is 2.29. The van der Waals surface area contributed by atoms with E-state index >= 15 is 0 Å². The average molecular weight is 233 g/mol. The Morgan fingerprint density at radius 3 is 2.07 bits per heavy atom. The first kappa shape index (κ1) is 11.6. The molecule has 0 heterocycles. The van der Waals surface area contributed by atoms with Crippen LogP contribution in [0.15, 0.2) is 18.2 Å². The number of halogens is 2.